The maximum absolute atomic E-state index is 9.07. The van der Waals surface area contributed by atoms with E-state index in [0.29, 0.717) is 15.2 Å². The molecule has 1 heterocycles. The van der Waals surface area contributed by atoms with Gasteiger partial charge in [0.1, 0.15) is 10.9 Å². The minimum absolute atomic E-state index is 0.119. The molecule has 0 saturated carbocycles. The number of nitrogens with zero attached hydrogens (tertiary/aromatic N) is 1. The number of ether oxygens (including phenoxy) is 1. The van der Waals surface area contributed by atoms with Gasteiger partial charge in [0.25, 0.3) is 5.19 Å². The van der Waals surface area contributed by atoms with E-state index in [9.17, 15) is 0 Å². The third kappa shape index (κ3) is 2.66. The molecule has 0 saturated heterocycles. The number of thiazole rings is 1. The second-order valence-corrected chi connectivity index (χ2v) is 5.56. The summed E-state index contributed by atoms with van der Waals surface area (Å²) in [6.07, 6.45) is 0. The summed E-state index contributed by atoms with van der Waals surface area (Å²) < 4.78 is 5.75. The molecule has 0 fully saturated rings. The quantitative estimate of drug-likeness (QED) is 0.925. The third-order valence-corrected chi connectivity index (χ3v) is 4.08. The summed E-state index contributed by atoms with van der Waals surface area (Å²) >= 11 is 7.13. The molecular formula is C13H14ClNO2S. The molecule has 0 aliphatic rings. The first kappa shape index (κ1) is 13.3. The van der Waals surface area contributed by atoms with Crippen LogP contribution in [-0.4, -0.2) is 10.1 Å². The van der Waals surface area contributed by atoms with Crippen molar-refractivity contribution in [3.63, 3.8) is 0 Å². The van der Waals surface area contributed by atoms with Crippen LogP contribution in [0.3, 0.4) is 0 Å². The van der Waals surface area contributed by atoms with Crippen LogP contribution in [-0.2, 0) is 6.61 Å². The number of halogens is 1. The van der Waals surface area contributed by atoms with E-state index in [1.54, 1.807) is 0 Å². The van der Waals surface area contributed by atoms with E-state index in [1.165, 1.54) is 16.9 Å². The van der Waals surface area contributed by atoms with Gasteiger partial charge in [-0.1, -0.05) is 29.0 Å². The van der Waals surface area contributed by atoms with Crippen LogP contribution in [0.2, 0.25) is 5.15 Å². The van der Waals surface area contributed by atoms with Gasteiger partial charge in [-0.2, -0.15) is 4.98 Å². The number of hydrogen-bond acceptors (Lipinski definition) is 4. The molecule has 0 aliphatic carbocycles. The van der Waals surface area contributed by atoms with Crippen molar-refractivity contribution >= 4 is 22.9 Å². The van der Waals surface area contributed by atoms with Gasteiger partial charge in [0.2, 0.25) is 0 Å². The van der Waals surface area contributed by atoms with Gasteiger partial charge in [0, 0.05) is 0 Å². The Morgan fingerprint density at radius 3 is 2.67 bits per heavy atom. The standard InChI is InChI=1S/C13H14ClNO2S/c1-7-4-8(2)9(3)10(5-7)17-13-15-12(14)11(6-16)18-13/h4-5,16H,6H2,1-3H3. The van der Waals surface area contributed by atoms with Crippen molar-refractivity contribution < 1.29 is 9.84 Å². The first-order valence-electron chi connectivity index (χ1n) is 5.53. The summed E-state index contributed by atoms with van der Waals surface area (Å²) in [5.41, 5.74) is 3.39. The lowest BCUT2D eigenvalue weighted by Gasteiger charge is -2.09. The number of aromatic nitrogens is 1. The number of aryl methyl sites for hydroxylation is 2. The Morgan fingerprint density at radius 1 is 1.33 bits per heavy atom. The fourth-order valence-corrected chi connectivity index (χ4v) is 2.63. The Bertz CT molecular complexity index is 581. The minimum Gasteiger partial charge on any atom is -0.431 e. The molecular weight excluding hydrogens is 270 g/mol. The summed E-state index contributed by atoms with van der Waals surface area (Å²) in [5.74, 6) is 0.780. The van der Waals surface area contributed by atoms with Crippen molar-refractivity contribution in [2.24, 2.45) is 0 Å². The van der Waals surface area contributed by atoms with E-state index < -0.39 is 0 Å². The third-order valence-electron chi connectivity index (χ3n) is 2.73. The lowest BCUT2D eigenvalue weighted by atomic mass is 10.1. The molecule has 3 nitrogen and oxygen atoms in total. The topological polar surface area (TPSA) is 42.4 Å². The average molecular weight is 284 g/mol. The van der Waals surface area contributed by atoms with Crippen LogP contribution < -0.4 is 4.74 Å². The predicted octanol–water partition coefficient (Wildman–Crippen LogP) is 4.01. The van der Waals surface area contributed by atoms with Gasteiger partial charge >= 0.3 is 0 Å². The van der Waals surface area contributed by atoms with Gasteiger partial charge in [-0.05, 0) is 43.5 Å². The van der Waals surface area contributed by atoms with Crippen molar-refractivity contribution in [3.05, 3.63) is 38.9 Å². The van der Waals surface area contributed by atoms with E-state index in [0.717, 1.165) is 16.9 Å². The molecule has 2 aromatic rings. The van der Waals surface area contributed by atoms with Crippen molar-refractivity contribution in [1.82, 2.24) is 4.98 Å². The Balaban J connectivity index is 2.33. The molecule has 1 aromatic heterocycles. The minimum atomic E-state index is -0.119. The Labute approximate surface area is 115 Å². The van der Waals surface area contributed by atoms with Crippen molar-refractivity contribution in [1.29, 1.82) is 0 Å². The molecule has 0 amide bonds. The van der Waals surface area contributed by atoms with Crippen LogP contribution in [0.15, 0.2) is 12.1 Å². The van der Waals surface area contributed by atoms with Crippen LogP contribution in [0.4, 0.5) is 0 Å². The first-order valence-corrected chi connectivity index (χ1v) is 6.72. The Kier molecular flexibility index (Phi) is 3.90. The maximum atomic E-state index is 9.07. The van der Waals surface area contributed by atoms with Crippen molar-refractivity contribution in [3.8, 4) is 10.9 Å². The molecule has 18 heavy (non-hydrogen) atoms. The van der Waals surface area contributed by atoms with E-state index >= 15 is 0 Å². The highest BCUT2D eigenvalue weighted by Crippen LogP contribution is 2.34. The van der Waals surface area contributed by atoms with Crippen molar-refractivity contribution in [2.75, 3.05) is 0 Å². The molecule has 0 unspecified atom stereocenters. The zero-order chi connectivity index (χ0) is 13.3. The first-order chi connectivity index (χ1) is 8.51. The molecule has 96 valence electrons. The smallest absolute Gasteiger partial charge is 0.280 e. The number of benzene rings is 1. The van der Waals surface area contributed by atoms with Gasteiger partial charge in [0.15, 0.2) is 0 Å². The van der Waals surface area contributed by atoms with E-state index in [2.05, 4.69) is 11.1 Å². The molecule has 0 aliphatic heterocycles. The molecule has 0 spiro atoms. The largest absolute Gasteiger partial charge is 0.431 e. The van der Waals surface area contributed by atoms with Gasteiger partial charge in [-0.3, -0.25) is 0 Å². The zero-order valence-corrected chi connectivity index (χ0v) is 12.0. The molecule has 1 aromatic carbocycles. The summed E-state index contributed by atoms with van der Waals surface area (Å²) in [7, 11) is 0. The molecule has 0 radical (unpaired) electrons. The average Bonchev–Trinajstić information content (AvgIpc) is 2.65. The fraction of sp³-hybridized carbons (Fsp3) is 0.308. The van der Waals surface area contributed by atoms with Crippen LogP contribution in [0, 0.1) is 20.8 Å². The second kappa shape index (κ2) is 5.26. The predicted molar refractivity (Wildman–Crippen MR) is 73.8 cm³/mol. The second-order valence-electron chi connectivity index (χ2n) is 4.16. The molecule has 1 N–H and O–H groups in total. The Hall–Kier alpha value is -1.10. The van der Waals surface area contributed by atoms with Crippen molar-refractivity contribution in [2.45, 2.75) is 27.4 Å². The Morgan fingerprint density at radius 2 is 2.06 bits per heavy atom. The SMILES string of the molecule is Cc1cc(C)c(C)c(Oc2nc(Cl)c(CO)s2)c1. The monoisotopic (exact) mass is 283 g/mol. The molecule has 0 atom stereocenters. The highest BCUT2D eigenvalue weighted by molar-refractivity contribution is 7.13. The number of aliphatic hydroxyl groups is 1. The summed E-state index contributed by atoms with van der Waals surface area (Å²) in [5, 5.41) is 9.83. The fourth-order valence-electron chi connectivity index (χ4n) is 1.65. The van der Waals surface area contributed by atoms with E-state index in [1.807, 2.05) is 26.8 Å². The van der Waals surface area contributed by atoms with Gasteiger partial charge in [0.05, 0.1) is 11.5 Å². The normalized spacial score (nSPS) is 10.7. The lowest BCUT2D eigenvalue weighted by Crippen LogP contribution is -1.91. The summed E-state index contributed by atoms with van der Waals surface area (Å²) in [4.78, 5) is 4.70. The van der Waals surface area contributed by atoms with Gasteiger partial charge in [-0.25, -0.2) is 0 Å². The number of aliphatic hydroxyl groups excluding tert-OH is 1. The van der Waals surface area contributed by atoms with E-state index in [4.69, 9.17) is 21.4 Å². The number of hydrogen-bond donors (Lipinski definition) is 1. The zero-order valence-electron chi connectivity index (χ0n) is 10.5. The molecule has 2 rings (SSSR count). The van der Waals surface area contributed by atoms with Crippen LogP contribution in [0.5, 0.6) is 10.9 Å². The molecule has 5 heteroatoms. The highest BCUT2D eigenvalue weighted by Gasteiger charge is 2.12. The highest BCUT2D eigenvalue weighted by atomic mass is 35.5. The maximum Gasteiger partial charge on any atom is 0.280 e. The summed E-state index contributed by atoms with van der Waals surface area (Å²) in [6, 6.07) is 4.08. The number of rotatable bonds is 3. The van der Waals surface area contributed by atoms with Crippen LogP contribution in [0.1, 0.15) is 21.6 Å². The van der Waals surface area contributed by atoms with Crippen LogP contribution >= 0.6 is 22.9 Å². The lowest BCUT2D eigenvalue weighted by molar-refractivity contribution is 0.285. The van der Waals surface area contributed by atoms with Crippen LogP contribution in [0.25, 0.3) is 0 Å². The van der Waals surface area contributed by atoms with E-state index in [-0.39, 0.29) is 6.61 Å². The van der Waals surface area contributed by atoms with Gasteiger partial charge in [-0.15, -0.1) is 0 Å². The molecule has 0 bridgehead atoms. The van der Waals surface area contributed by atoms with Gasteiger partial charge < -0.3 is 9.84 Å². The summed E-state index contributed by atoms with van der Waals surface area (Å²) in [6.45, 7) is 5.95.